The van der Waals surface area contributed by atoms with E-state index in [4.69, 9.17) is 9.47 Å². The second kappa shape index (κ2) is 13.3. The zero-order valence-corrected chi connectivity index (χ0v) is 16.8. The molecule has 9 heteroatoms. The van der Waals surface area contributed by atoms with E-state index in [2.05, 4.69) is 20.4 Å². The summed E-state index contributed by atoms with van der Waals surface area (Å²) in [6.45, 7) is 2.72. The molecule has 0 radical (unpaired) electrons. The number of aliphatic hydroxyl groups excluding tert-OH is 1. The van der Waals surface area contributed by atoms with Crippen LogP contribution in [0.1, 0.15) is 37.9 Å². The summed E-state index contributed by atoms with van der Waals surface area (Å²) in [6, 6.07) is 5.89. The summed E-state index contributed by atoms with van der Waals surface area (Å²) in [6.07, 6.45) is 2.39. The molecule has 2 unspecified atom stereocenters. The van der Waals surface area contributed by atoms with E-state index >= 15 is 0 Å². The lowest BCUT2D eigenvalue weighted by Crippen LogP contribution is -2.38. The first-order valence-corrected chi connectivity index (χ1v) is 10.0. The third-order valence-electron chi connectivity index (χ3n) is 4.34. The summed E-state index contributed by atoms with van der Waals surface area (Å²) < 4.78 is 39.8. The molecular weight excluding hydrogens is 384 g/mol. The summed E-state index contributed by atoms with van der Waals surface area (Å²) in [4.78, 5) is 4.37. The number of aliphatic hydroxyl groups is 1. The number of alkyl halides is 2. The van der Waals surface area contributed by atoms with Gasteiger partial charge in [-0.05, 0) is 43.9 Å². The predicted molar refractivity (Wildman–Crippen MR) is 106 cm³/mol. The van der Waals surface area contributed by atoms with Crippen LogP contribution in [0.3, 0.4) is 0 Å². The highest BCUT2D eigenvalue weighted by molar-refractivity contribution is 5.79. The van der Waals surface area contributed by atoms with Crippen LogP contribution in [0.4, 0.5) is 8.78 Å². The molecule has 29 heavy (non-hydrogen) atoms. The van der Waals surface area contributed by atoms with Crippen LogP contribution in [-0.4, -0.2) is 63.2 Å². The SMILES string of the molecule is CCNC(=NCC(O)c1ccc(OC(F)F)cc1)NCCCOCC1CCCO1. The summed E-state index contributed by atoms with van der Waals surface area (Å²) >= 11 is 0. The Kier molecular flexibility index (Phi) is 10.7. The van der Waals surface area contributed by atoms with Gasteiger partial charge in [0.25, 0.3) is 0 Å². The van der Waals surface area contributed by atoms with E-state index in [1.54, 1.807) is 12.1 Å². The summed E-state index contributed by atoms with van der Waals surface area (Å²) in [5.74, 6) is 0.652. The zero-order chi connectivity index (χ0) is 20.9. The molecule has 1 saturated heterocycles. The van der Waals surface area contributed by atoms with Crippen LogP contribution in [0.5, 0.6) is 5.75 Å². The highest BCUT2D eigenvalue weighted by Gasteiger charge is 2.15. The average Bonchev–Trinajstić information content (AvgIpc) is 3.22. The topological polar surface area (TPSA) is 84.3 Å². The van der Waals surface area contributed by atoms with E-state index in [0.29, 0.717) is 37.8 Å². The molecule has 1 fully saturated rings. The Morgan fingerprint density at radius 1 is 1.31 bits per heavy atom. The molecule has 2 rings (SSSR count). The van der Waals surface area contributed by atoms with Crippen molar-refractivity contribution in [3.8, 4) is 5.75 Å². The molecule has 164 valence electrons. The molecule has 2 atom stereocenters. The quantitative estimate of drug-likeness (QED) is 0.276. The number of benzene rings is 1. The highest BCUT2D eigenvalue weighted by Crippen LogP contribution is 2.19. The van der Waals surface area contributed by atoms with E-state index in [0.717, 1.165) is 25.9 Å². The summed E-state index contributed by atoms with van der Waals surface area (Å²) in [5.41, 5.74) is 0.578. The van der Waals surface area contributed by atoms with Crippen molar-refractivity contribution in [2.45, 2.75) is 45.0 Å². The van der Waals surface area contributed by atoms with E-state index < -0.39 is 12.7 Å². The van der Waals surface area contributed by atoms with Crippen LogP contribution < -0.4 is 15.4 Å². The molecule has 1 heterocycles. The lowest BCUT2D eigenvalue weighted by atomic mass is 10.1. The normalized spacial score (nSPS) is 18.1. The first-order chi connectivity index (χ1) is 14.1. The van der Waals surface area contributed by atoms with Gasteiger partial charge in [-0.25, -0.2) is 0 Å². The number of halogens is 2. The number of rotatable bonds is 12. The minimum Gasteiger partial charge on any atom is -0.435 e. The van der Waals surface area contributed by atoms with Gasteiger partial charge in [-0.1, -0.05) is 12.1 Å². The molecule has 3 N–H and O–H groups in total. The van der Waals surface area contributed by atoms with Gasteiger partial charge in [-0.2, -0.15) is 8.78 Å². The Bertz CT molecular complexity index is 596. The number of hydrogen-bond acceptors (Lipinski definition) is 5. The lowest BCUT2D eigenvalue weighted by Gasteiger charge is -2.14. The molecule has 0 bridgehead atoms. The van der Waals surface area contributed by atoms with Crippen LogP contribution in [0.15, 0.2) is 29.3 Å². The maximum absolute atomic E-state index is 12.2. The molecule has 0 aliphatic carbocycles. The van der Waals surface area contributed by atoms with Crippen molar-refractivity contribution in [3.63, 3.8) is 0 Å². The third-order valence-corrected chi connectivity index (χ3v) is 4.34. The smallest absolute Gasteiger partial charge is 0.387 e. The Balaban J connectivity index is 1.69. The standard InChI is InChI=1S/C20H31F2N3O4/c1-2-23-20(24-10-4-11-27-14-17-5-3-12-28-17)25-13-18(26)15-6-8-16(9-7-15)29-19(21)22/h6-9,17-19,26H,2-5,10-14H2,1H3,(H2,23,24,25). The lowest BCUT2D eigenvalue weighted by molar-refractivity contribution is -0.0498. The van der Waals surface area contributed by atoms with E-state index in [-0.39, 0.29) is 18.4 Å². The summed E-state index contributed by atoms with van der Waals surface area (Å²) in [5, 5.41) is 16.6. The van der Waals surface area contributed by atoms with Gasteiger partial charge in [0.1, 0.15) is 5.75 Å². The number of ether oxygens (including phenoxy) is 3. The fourth-order valence-corrected chi connectivity index (χ4v) is 2.87. The highest BCUT2D eigenvalue weighted by atomic mass is 19.3. The molecule has 0 spiro atoms. The molecular formula is C20H31F2N3O4. The molecule has 0 amide bonds. The van der Waals surface area contributed by atoms with Gasteiger partial charge in [0.15, 0.2) is 5.96 Å². The Labute approximate surface area is 170 Å². The minimum absolute atomic E-state index is 0.0520. The van der Waals surface area contributed by atoms with Gasteiger partial charge in [0.05, 0.1) is 25.4 Å². The maximum Gasteiger partial charge on any atom is 0.387 e. The van der Waals surface area contributed by atoms with Gasteiger partial charge in [0.2, 0.25) is 0 Å². The van der Waals surface area contributed by atoms with E-state index in [1.165, 1.54) is 12.1 Å². The monoisotopic (exact) mass is 415 g/mol. The number of nitrogens with one attached hydrogen (secondary N) is 2. The van der Waals surface area contributed by atoms with Crippen molar-refractivity contribution >= 4 is 5.96 Å². The molecule has 1 aliphatic heterocycles. The predicted octanol–water partition coefficient (Wildman–Crippen LogP) is 2.46. The number of hydrogen-bond donors (Lipinski definition) is 3. The molecule has 1 aliphatic rings. The van der Waals surface area contributed by atoms with E-state index in [1.807, 2.05) is 6.92 Å². The van der Waals surface area contributed by atoms with Crippen LogP contribution in [0, 0.1) is 0 Å². The summed E-state index contributed by atoms with van der Waals surface area (Å²) in [7, 11) is 0. The Morgan fingerprint density at radius 3 is 2.76 bits per heavy atom. The third kappa shape index (κ3) is 9.38. The van der Waals surface area contributed by atoms with Crippen molar-refractivity contribution in [2.24, 2.45) is 4.99 Å². The van der Waals surface area contributed by atoms with Gasteiger partial charge in [-0.15, -0.1) is 0 Å². The van der Waals surface area contributed by atoms with Crippen molar-refractivity contribution in [1.29, 1.82) is 0 Å². The number of nitrogens with zero attached hydrogens (tertiary/aromatic N) is 1. The van der Waals surface area contributed by atoms with Crippen molar-refractivity contribution in [2.75, 3.05) is 39.5 Å². The van der Waals surface area contributed by atoms with Gasteiger partial charge in [0, 0.05) is 26.3 Å². The minimum atomic E-state index is -2.87. The first kappa shape index (κ1) is 23.3. The van der Waals surface area contributed by atoms with Crippen LogP contribution >= 0.6 is 0 Å². The van der Waals surface area contributed by atoms with Crippen molar-refractivity contribution < 1.29 is 28.1 Å². The van der Waals surface area contributed by atoms with Gasteiger partial charge in [-0.3, -0.25) is 4.99 Å². The fraction of sp³-hybridized carbons (Fsp3) is 0.650. The van der Waals surface area contributed by atoms with Crippen LogP contribution in [0.2, 0.25) is 0 Å². The molecule has 0 saturated carbocycles. The first-order valence-electron chi connectivity index (χ1n) is 10.0. The average molecular weight is 415 g/mol. The Hall–Kier alpha value is -1.97. The zero-order valence-electron chi connectivity index (χ0n) is 16.8. The fourth-order valence-electron chi connectivity index (χ4n) is 2.87. The second-order valence-corrected chi connectivity index (χ2v) is 6.67. The van der Waals surface area contributed by atoms with Gasteiger partial charge < -0.3 is 30.0 Å². The largest absolute Gasteiger partial charge is 0.435 e. The molecule has 7 nitrogen and oxygen atoms in total. The second-order valence-electron chi connectivity index (χ2n) is 6.67. The van der Waals surface area contributed by atoms with E-state index in [9.17, 15) is 13.9 Å². The molecule has 1 aromatic rings. The number of aliphatic imine (C=N–C) groups is 1. The van der Waals surface area contributed by atoms with Crippen molar-refractivity contribution in [1.82, 2.24) is 10.6 Å². The Morgan fingerprint density at radius 2 is 2.10 bits per heavy atom. The number of guanidine groups is 1. The van der Waals surface area contributed by atoms with Crippen LogP contribution in [-0.2, 0) is 9.47 Å². The molecule has 1 aromatic carbocycles. The van der Waals surface area contributed by atoms with Gasteiger partial charge >= 0.3 is 6.61 Å². The van der Waals surface area contributed by atoms with Crippen LogP contribution in [0.25, 0.3) is 0 Å². The molecule has 0 aromatic heterocycles. The van der Waals surface area contributed by atoms with Crippen molar-refractivity contribution in [3.05, 3.63) is 29.8 Å². The maximum atomic E-state index is 12.2.